The zero-order valence-electron chi connectivity index (χ0n) is 23.6. The van der Waals surface area contributed by atoms with E-state index < -0.39 is 6.04 Å². The summed E-state index contributed by atoms with van der Waals surface area (Å²) in [4.78, 5) is 38.4. The van der Waals surface area contributed by atoms with Gasteiger partial charge in [-0.2, -0.15) is 0 Å². The second-order valence-electron chi connectivity index (χ2n) is 11.1. The summed E-state index contributed by atoms with van der Waals surface area (Å²) in [5, 5.41) is 12.9. The average Bonchev–Trinajstić information content (AvgIpc) is 3.34. The Morgan fingerprint density at radius 3 is 2.59 bits per heavy atom. The first-order chi connectivity index (χ1) is 18.9. The number of aliphatic hydroxyl groups is 1. The molecule has 0 aromatic heterocycles. The van der Waals surface area contributed by atoms with Gasteiger partial charge in [0.25, 0.3) is 6.02 Å². The van der Waals surface area contributed by atoms with Crippen LogP contribution in [-0.4, -0.2) is 111 Å². The molecule has 216 valence electrons. The van der Waals surface area contributed by atoms with Crippen LogP contribution in [0.4, 0.5) is 5.69 Å². The third-order valence-corrected chi connectivity index (χ3v) is 7.81. The molecule has 1 aromatic carbocycles. The van der Waals surface area contributed by atoms with Gasteiger partial charge in [-0.1, -0.05) is 32.0 Å². The fourth-order valence-corrected chi connectivity index (χ4v) is 5.93. The molecule has 0 radical (unpaired) electrons. The van der Waals surface area contributed by atoms with E-state index in [-0.39, 0.29) is 42.3 Å². The van der Waals surface area contributed by atoms with Crippen LogP contribution in [-0.2, 0) is 19.1 Å². The molecule has 4 rings (SSSR count). The fourth-order valence-electron chi connectivity index (χ4n) is 5.93. The Labute approximate surface area is 232 Å². The number of amides is 2. The van der Waals surface area contributed by atoms with Crippen molar-refractivity contribution in [1.29, 1.82) is 0 Å². The van der Waals surface area contributed by atoms with E-state index in [0.29, 0.717) is 71.2 Å². The third-order valence-electron chi connectivity index (χ3n) is 7.81. The van der Waals surface area contributed by atoms with Gasteiger partial charge in [0.15, 0.2) is 6.04 Å². The first kappa shape index (κ1) is 29.3. The van der Waals surface area contributed by atoms with E-state index in [4.69, 9.17) is 14.5 Å². The van der Waals surface area contributed by atoms with Gasteiger partial charge in [-0.05, 0) is 43.7 Å². The number of unbranched alkanes of at least 4 members (excludes halogenated alkanes) is 1. The molecule has 10 heteroatoms. The van der Waals surface area contributed by atoms with E-state index in [0.717, 1.165) is 12.1 Å². The highest BCUT2D eigenvalue weighted by Gasteiger charge is 2.45. The summed E-state index contributed by atoms with van der Waals surface area (Å²) in [6.07, 6.45) is 2.76. The van der Waals surface area contributed by atoms with Crippen molar-refractivity contribution in [3.8, 4) is 0 Å². The van der Waals surface area contributed by atoms with Crippen LogP contribution < -0.4 is 10.2 Å². The van der Waals surface area contributed by atoms with Crippen molar-refractivity contribution in [2.45, 2.75) is 57.7 Å². The number of ether oxygens (including phenoxy) is 2. The van der Waals surface area contributed by atoms with Gasteiger partial charge in [0.1, 0.15) is 0 Å². The Kier molecular flexibility index (Phi) is 10.6. The summed E-state index contributed by atoms with van der Waals surface area (Å²) < 4.78 is 11.1. The number of nitrogens with one attached hydrogen (secondary N) is 1. The average molecular weight is 544 g/mol. The second kappa shape index (κ2) is 14.1. The van der Waals surface area contributed by atoms with Crippen molar-refractivity contribution in [2.24, 2.45) is 16.8 Å². The molecule has 2 unspecified atom stereocenters. The predicted molar refractivity (Wildman–Crippen MR) is 151 cm³/mol. The molecule has 1 aromatic rings. The summed E-state index contributed by atoms with van der Waals surface area (Å²) in [5.74, 6) is 0.198. The summed E-state index contributed by atoms with van der Waals surface area (Å²) in [7, 11) is 1.59. The molecule has 39 heavy (non-hydrogen) atoms. The highest BCUT2D eigenvalue weighted by atomic mass is 16.5. The van der Waals surface area contributed by atoms with Crippen LogP contribution in [0.15, 0.2) is 35.3 Å². The van der Waals surface area contributed by atoms with Crippen LogP contribution in [0.3, 0.4) is 0 Å². The molecule has 3 heterocycles. The number of carbonyl (C=O) groups is 2. The fraction of sp³-hybridized carbons (Fsp3) is 0.690. The van der Waals surface area contributed by atoms with Crippen molar-refractivity contribution in [3.63, 3.8) is 0 Å². The number of rotatable bonds is 10. The summed E-state index contributed by atoms with van der Waals surface area (Å²) >= 11 is 0. The molecule has 2 saturated heterocycles. The number of aliphatic imine (C=N–C) groups is 1. The van der Waals surface area contributed by atoms with E-state index >= 15 is 0 Å². The summed E-state index contributed by atoms with van der Waals surface area (Å²) in [5.41, 5.74) is 0.924. The van der Waals surface area contributed by atoms with Crippen LogP contribution in [0.5, 0.6) is 0 Å². The van der Waals surface area contributed by atoms with Gasteiger partial charge in [0.05, 0.1) is 32.3 Å². The van der Waals surface area contributed by atoms with Gasteiger partial charge in [0, 0.05) is 51.1 Å². The number of piperidine rings is 1. The van der Waals surface area contributed by atoms with Crippen LogP contribution >= 0.6 is 0 Å². The van der Waals surface area contributed by atoms with Crippen molar-refractivity contribution < 1.29 is 24.2 Å². The number of nitrogens with zero attached hydrogens (tertiary/aromatic N) is 4. The number of hydrogen-bond acceptors (Lipinski definition) is 8. The van der Waals surface area contributed by atoms with Crippen molar-refractivity contribution in [3.05, 3.63) is 30.3 Å². The van der Waals surface area contributed by atoms with Gasteiger partial charge in [-0.3, -0.25) is 14.5 Å². The minimum atomic E-state index is -0.632. The lowest BCUT2D eigenvalue weighted by molar-refractivity contribution is -0.143. The molecule has 10 nitrogen and oxygen atoms in total. The minimum Gasteiger partial charge on any atom is -0.468 e. The second-order valence-corrected chi connectivity index (χ2v) is 11.1. The summed E-state index contributed by atoms with van der Waals surface area (Å²) in [6, 6.07) is 9.36. The van der Waals surface area contributed by atoms with Gasteiger partial charge in [-0.25, -0.2) is 4.99 Å². The Bertz CT molecular complexity index is 968. The monoisotopic (exact) mass is 543 g/mol. The number of methoxy groups -OCH3 is 1. The quantitative estimate of drug-likeness (QED) is 0.433. The lowest BCUT2D eigenvalue weighted by Crippen LogP contribution is -2.58. The maximum Gasteiger partial charge on any atom is 0.292 e. The maximum atomic E-state index is 14.4. The van der Waals surface area contributed by atoms with Crippen molar-refractivity contribution >= 4 is 23.5 Å². The smallest absolute Gasteiger partial charge is 0.292 e. The molecular weight excluding hydrogens is 498 g/mol. The standard InChI is InChI=1S/C29H45N5O5/c1-21(2)20-33(24-17-22(18-30-19-24)27(36)32-12-15-39-16-13-32)28(37)26-25(11-7-8-14-35)34(29(31-26)38-3)23-9-5-4-6-10-23/h4-6,9-10,21-22,24-26,30,35H,7-8,11-20H2,1-3H3/t22-,24+,25?,26?/m1/s1. The molecule has 2 fully saturated rings. The Morgan fingerprint density at radius 1 is 1.18 bits per heavy atom. The van der Waals surface area contributed by atoms with Gasteiger partial charge >= 0.3 is 0 Å². The number of amidine groups is 1. The van der Waals surface area contributed by atoms with Crippen LogP contribution in [0.2, 0.25) is 0 Å². The zero-order chi connectivity index (χ0) is 27.8. The topological polar surface area (TPSA) is 107 Å². The Balaban J connectivity index is 1.57. The first-order valence-electron chi connectivity index (χ1n) is 14.4. The highest BCUT2D eigenvalue weighted by molar-refractivity contribution is 6.00. The maximum absolute atomic E-state index is 14.4. The number of aliphatic hydroxyl groups excluding tert-OH is 1. The van der Waals surface area contributed by atoms with E-state index in [1.54, 1.807) is 7.11 Å². The lowest BCUT2D eigenvalue weighted by Gasteiger charge is -2.41. The highest BCUT2D eigenvalue weighted by Crippen LogP contribution is 2.31. The Morgan fingerprint density at radius 2 is 1.92 bits per heavy atom. The molecule has 0 spiro atoms. The molecule has 3 aliphatic heterocycles. The van der Waals surface area contributed by atoms with Crippen LogP contribution in [0.1, 0.15) is 39.5 Å². The van der Waals surface area contributed by atoms with Gasteiger partial charge in [-0.15, -0.1) is 0 Å². The van der Waals surface area contributed by atoms with Gasteiger partial charge in [0.2, 0.25) is 11.8 Å². The zero-order valence-corrected chi connectivity index (χ0v) is 23.6. The molecule has 2 amide bonds. The van der Waals surface area contributed by atoms with Crippen LogP contribution in [0, 0.1) is 11.8 Å². The van der Waals surface area contributed by atoms with E-state index in [1.807, 2.05) is 45.0 Å². The van der Waals surface area contributed by atoms with E-state index in [1.165, 1.54) is 0 Å². The third kappa shape index (κ3) is 7.10. The van der Waals surface area contributed by atoms with Crippen molar-refractivity contribution in [1.82, 2.24) is 15.1 Å². The SMILES string of the molecule is COC1=NC(C(=O)N(CC(C)C)[C@@H]2CNC[C@H](C(=O)N3CCOCC3)C2)C(CCCCO)N1c1ccccc1. The van der Waals surface area contributed by atoms with E-state index in [9.17, 15) is 14.7 Å². The largest absolute Gasteiger partial charge is 0.468 e. The minimum absolute atomic E-state index is 0.0306. The number of anilines is 1. The number of hydrogen-bond donors (Lipinski definition) is 2. The summed E-state index contributed by atoms with van der Waals surface area (Å²) in [6.45, 7) is 8.59. The van der Waals surface area contributed by atoms with E-state index in [2.05, 4.69) is 19.2 Å². The molecule has 0 saturated carbocycles. The molecular formula is C29H45N5O5. The number of benzene rings is 1. The molecule has 0 bridgehead atoms. The Hall–Kier alpha value is -2.69. The molecule has 2 N–H and O–H groups in total. The molecule has 3 aliphatic rings. The number of morpholine rings is 1. The normalized spacial score (nSPS) is 25.5. The van der Waals surface area contributed by atoms with Gasteiger partial charge < -0.3 is 29.7 Å². The molecule has 4 atom stereocenters. The van der Waals surface area contributed by atoms with Crippen molar-refractivity contribution in [2.75, 3.05) is 64.6 Å². The van der Waals surface area contributed by atoms with Crippen LogP contribution in [0.25, 0.3) is 0 Å². The predicted octanol–water partition coefficient (Wildman–Crippen LogP) is 1.73. The molecule has 0 aliphatic carbocycles. The first-order valence-corrected chi connectivity index (χ1v) is 14.4. The number of para-hydroxylation sites is 1. The lowest BCUT2D eigenvalue weighted by atomic mass is 9.91. The number of carbonyl (C=O) groups excluding carboxylic acids is 2.